The van der Waals surface area contributed by atoms with Gasteiger partial charge in [-0.2, -0.15) is 0 Å². The molecule has 178 valence electrons. The average Bonchev–Trinajstić information content (AvgIpc) is 3.42. The van der Waals surface area contributed by atoms with Gasteiger partial charge in [0, 0.05) is 13.2 Å². The van der Waals surface area contributed by atoms with Gasteiger partial charge >= 0.3 is 0 Å². The normalized spacial score (nSPS) is 26.6. The molecule has 0 radical (unpaired) electrons. The summed E-state index contributed by atoms with van der Waals surface area (Å²) in [5, 5.41) is 18.1. The standard InChI is InChI=1S/C24H46O6/c25-17-21-11-13-23(29-21)19-27-15-9-7-5-3-1-2-4-6-8-10-16-28-20-24-14-12-22(18-26)30-24/h21-26H,1-20H2/t21-,22-,23-,24+/m0/s1. The highest BCUT2D eigenvalue weighted by molar-refractivity contribution is 4.73. The molecule has 0 aromatic carbocycles. The second-order valence-corrected chi connectivity index (χ2v) is 8.97. The van der Waals surface area contributed by atoms with Crippen LogP contribution in [-0.4, -0.2) is 74.3 Å². The molecule has 4 atom stereocenters. The van der Waals surface area contributed by atoms with Crippen molar-refractivity contribution in [2.45, 2.75) is 114 Å². The first-order valence-electron chi connectivity index (χ1n) is 12.5. The third-order valence-corrected chi connectivity index (χ3v) is 6.23. The van der Waals surface area contributed by atoms with Gasteiger partial charge in [0.05, 0.1) is 50.8 Å². The fourth-order valence-corrected chi connectivity index (χ4v) is 4.33. The highest BCUT2D eigenvalue weighted by atomic mass is 16.6. The number of ether oxygens (including phenoxy) is 4. The van der Waals surface area contributed by atoms with E-state index >= 15 is 0 Å². The van der Waals surface area contributed by atoms with E-state index in [9.17, 15) is 0 Å². The molecular weight excluding hydrogens is 384 g/mol. The monoisotopic (exact) mass is 430 g/mol. The fraction of sp³-hybridized carbons (Fsp3) is 1.00. The maximum atomic E-state index is 9.05. The lowest BCUT2D eigenvalue weighted by molar-refractivity contribution is -0.0319. The van der Waals surface area contributed by atoms with Crippen molar-refractivity contribution in [2.24, 2.45) is 0 Å². The predicted octanol–water partition coefficient (Wildman–Crippen LogP) is 4.00. The van der Waals surface area contributed by atoms with Crippen LogP contribution >= 0.6 is 0 Å². The largest absolute Gasteiger partial charge is 0.394 e. The molecule has 0 bridgehead atoms. The average molecular weight is 431 g/mol. The number of hydrogen-bond acceptors (Lipinski definition) is 6. The van der Waals surface area contributed by atoms with Crippen LogP contribution in [0.25, 0.3) is 0 Å². The molecular formula is C24H46O6. The van der Waals surface area contributed by atoms with Gasteiger partial charge in [-0.05, 0) is 38.5 Å². The Morgan fingerprint density at radius 1 is 0.500 bits per heavy atom. The fourth-order valence-electron chi connectivity index (χ4n) is 4.33. The summed E-state index contributed by atoms with van der Waals surface area (Å²) in [4.78, 5) is 0. The SMILES string of the molecule is OC[C@@H]1CC[C@H](COCCCCCCCCCCCCOC[C@@H]2CC[C@@H](CO)O2)O1. The molecule has 2 rings (SSSR count). The molecule has 6 nitrogen and oxygen atoms in total. The van der Waals surface area contributed by atoms with E-state index in [-0.39, 0.29) is 37.6 Å². The number of aliphatic hydroxyl groups is 2. The molecule has 6 heteroatoms. The highest BCUT2D eigenvalue weighted by Gasteiger charge is 2.25. The first-order valence-corrected chi connectivity index (χ1v) is 12.5. The van der Waals surface area contributed by atoms with Gasteiger partial charge in [-0.15, -0.1) is 0 Å². The summed E-state index contributed by atoms with van der Waals surface area (Å²) in [6, 6.07) is 0. The number of aliphatic hydroxyl groups excluding tert-OH is 2. The Morgan fingerprint density at radius 2 is 0.833 bits per heavy atom. The van der Waals surface area contributed by atoms with Crippen LogP contribution in [0.4, 0.5) is 0 Å². The summed E-state index contributed by atoms with van der Waals surface area (Å²) < 4.78 is 22.8. The minimum Gasteiger partial charge on any atom is -0.394 e. The first kappa shape index (κ1) is 26.0. The minimum atomic E-state index is 0.0323. The molecule has 0 aromatic rings. The zero-order chi connectivity index (χ0) is 21.3. The van der Waals surface area contributed by atoms with Crippen molar-refractivity contribution in [1.29, 1.82) is 0 Å². The molecule has 0 amide bonds. The Labute approximate surface area is 183 Å². The molecule has 0 aliphatic carbocycles. The summed E-state index contributed by atoms with van der Waals surface area (Å²) in [5.41, 5.74) is 0. The summed E-state index contributed by atoms with van der Waals surface area (Å²) in [5.74, 6) is 0. The molecule has 0 saturated carbocycles. The molecule has 2 fully saturated rings. The molecule has 2 aliphatic rings. The van der Waals surface area contributed by atoms with Crippen molar-refractivity contribution in [3.8, 4) is 0 Å². The third-order valence-electron chi connectivity index (χ3n) is 6.23. The van der Waals surface area contributed by atoms with Gasteiger partial charge in [-0.3, -0.25) is 0 Å². The topological polar surface area (TPSA) is 77.4 Å². The van der Waals surface area contributed by atoms with Crippen LogP contribution in [0.1, 0.15) is 89.9 Å². The summed E-state index contributed by atoms with van der Waals surface area (Å²) in [7, 11) is 0. The number of unbranched alkanes of at least 4 members (excludes halogenated alkanes) is 9. The van der Waals surface area contributed by atoms with Crippen LogP contribution in [-0.2, 0) is 18.9 Å². The molecule has 30 heavy (non-hydrogen) atoms. The van der Waals surface area contributed by atoms with E-state index in [1.54, 1.807) is 0 Å². The summed E-state index contributed by atoms with van der Waals surface area (Å²) in [6.45, 7) is 3.30. The third kappa shape index (κ3) is 12.0. The zero-order valence-electron chi connectivity index (χ0n) is 19.0. The van der Waals surface area contributed by atoms with Crippen LogP contribution in [0.2, 0.25) is 0 Å². The van der Waals surface area contributed by atoms with Crippen LogP contribution in [0, 0.1) is 0 Å². The summed E-state index contributed by atoms with van der Waals surface area (Å²) >= 11 is 0. The quantitative estimate of drug-likeness (QED) is 0.302. The smallest absolute Gasteiger partial charge is 0.0814 e. The lowest BCUT2D eigenvalue weighted by atomic mass is 10.1. The van der Waals surface area contributed by atoms with Crippen molar-refractivity contribution in [3.63, 3.8) is 0 Å². The lowest BCUT2D eigenvalue weighted by Crippen LogP contribution is -2.19. The molecule has 0 unspecified atom stereocenters. The van der Waals surface area contributed by atoms with Crippen molar-refractivity contribution in [3.05, 3.63) is 0 Å². The van der Waals surface area contributed by atoms with Crippen molar-refractivity contribution < 1.29 is 29.2 Å². The van der Waals surface area contributed by atoms with Gasteiger partial charge in [0.1, 0.15) is 0 Å². The van der Waals surface area contributed by atoms with Crippen LogP contribution in [0.15, 0.2) is 0 Å². The van der Waals surface area contributed by atoms with E-state index in [2.05, 4.69) is 0 Å². The highest BCUT2D eigenvalue weighted by Crippen LogP contribution is 2.20. The van der Waals surface area contributed by atoms with Crippen LogP contribution in [0.3, 0.4) is 0 Å². The maximum Gasteiger partial charge on any atom is 0.0814 e. The number of rotatable bonds is 19. The van der Waals surface area contributed by atoms with E-state index in [4.69, 9.17) is 29.2 Å². The van der Waals surface area contributed by atoms with Gasteiger partial charge in [0.25, 0.3) is 0 Å². The Bertz CT molecular complexity index is 358. The molecule has 2 heterocycles. The molecule has 2 N–H and O–H groups in total. The van der Waals surface area contributed by atoms with E-state index in [0.717, 1.165) is 51.7 Å². The van der Waals surface area contributed by atoms with Gasteiger partial charge < -0.3 is 29.2 Å². The van der Waals surface area contributed by atoms with Gasteiger partial charge in [0.15, 0.2) is 0 Å². The summed E-state index contributed by atoms with van der Waals surface area (Å²) in [6.07, 6.45) is 17.2. The lowest BCUT2D eigenvalue weighted by Gasteiger charge is -2.12. The zero-order valence-corrected chi connectivity index (χ0v) is 19.0. The van der Waals surface area contributed by atoms with Gasteiger partial charge in [0.2, 0.25) is 0 Å². The minimum absolute atomic E-state index is 0.0323. The molecule has 2 aliphatic heterocycles. The second kappa shape index (κ2) is 17.3. The second-order valence-electron chi connectivity index (χ2n) is 8.97. The number of hydrogen-bond donors (Lipinski definition) is 2. The van der Waals surface area contributed by atoms with E-state index in [1.165, 1.54) is 51.4 Å². The first-order chi connectivity index (χ1) is 14.8. The predicted molar refractivity (Wildman–Crippen MR) is 118 cm³/mol. The Morgan fingerprint density at radius 3 is 1.17 bits per heavy atom. The molecule has 0 spiro atoms. The van der Waals surface area contributed by atoms with E-state index in [1.807, 2.05) is 0 Å². The van der Waals surface area contributed by atoms with Gasteiger partial charge in [-0.1, -0.05) is 51.4 Å². The molecule has 0 aromatic heterocycles. The Hall–Kier alpha value is -0.240. The van der Waals surface area contributed by atoms with Crippen LogP contribution in [0.5, 0.6) is 0 Å². The van der Waals surface area contributed by atoms with Crippen molar-refractivity contribution in [2.75, 3.05) is 39.6 Å². The van der Waals surface area contributed by atoms with E-state index in [0.29, 0.717) is 13.2 Å². The molecule has 2 saturated heterocycles. The van der Waals surface area contributed by atoms with E-state index < -0.39 is 0 Å². The Kier molecular flexibility index (Phi) is 15.0. The Balaban J connectivity index is 1.22. The van der Waals surface area contributed by atoms with Crippen LogP contribution < -0.4 is 0 Å². The van der Waals surface area contributed by atoms with Crippen molar-refractivity contribution >= 4 is 0 Å². The van der Waals surface area contributed by atoms with Crippen molar-refractivity contribution in [1.82, 2.24) is 0 Å². The maximum absolute atomic E-state index is 9.05. The van der Waals surface area contributed by atoms with Gasteiger partial charge in [-0.25, -0.2) is 0 Å².